The van der Waals surface area contributed by atoms with Crippen molar-refractivity contribution in [3.8, 4) is 17.2 Å². The molecule has 0 bridgehead atoms. The minimum Gasteiger partial charge on any atom is -0.497 e. The topological polar surface area (TPSA) is 30.9 Å². The third-order valence-electron chi connectivity index (χ3n) is 8.84. The average Bonchev–Trinajstić information content (AvgIpc) is 3.00. The highest BCUT2D eigenvalue weighted by Gasteiger charge is 2.25. The summed E-state index contributed by atoms with van der Waals surface area (Å²) in [5.74, 6) is 3.85. The van der Waals surface area contributed by atoms with Gasteiger partial charge in [-0.05, 0) is 134 Å². The number of ether oxygens (including phenoxy) is 3. The normalized spacial score (nSPS) is 18.3. The fourth-order valence-electron chi connectivity index (χ4n) is 6.49. The van der Waals surface area contributed by atoms with Crippen LogP contribution in [0, 0.1) is 0 Å². The molecule has 39 heavy (non-hydrogen) atoms. The maximum atomic E-state index is 6.09. The van der Waals surface area contributed by atoms with Crippen molar-refractivity contribution < 1.29 is 14.2 Å². The Hall–Kier alpha value is -2.98. The second-order valence-electron chi connectivity index (χ2n) is 11.3. The predicted octanol–water partition coefficient (Wildman–Crippen LogP) is 7.58. The molecule has 0 spiro atoms. The van der Waals surface area contributed by atoms with Crippen LogP contribution in [0.25, 0.3) is 0 Å². The molecule has 1 aliphatic carbocycles. The van der Waals surface area contributed by atoms with Crippen LogP contribution in [0.2, 0.25) is 0 Å². The summed E-state index contributed by atoms with van der Waals surface area (Å²) in [5.41, 5.74) is 7.19. The van der Waals surface area contributed by atoms with E-state index in [-0.39, 0.29) is 0 Å². The van der Waals surface area contributed by atoms with Crippen molar-refractivity contribution in [2.45, 2.75) is 70.1 Å². The van der Waals surface area contributed by atoms with Crippen LogP contribution in [0.4, 0.5) is 0 Å². The second kappa shape index (κ2) is 13.4. The Labute approximate surface area is 235 Å². The molecule has 208 valence electrons. The first-order chi connectivity index (χ1) is 19.2. The Morgan fingerprint density at radius 3 is 2.28 bits per heavy atom. The van der Waals surface area contributed by atoms with Gasteiger partial charge in [0.15, 0.2) is 0 Å². The van der Waals surface area contributed by atoms with Crippen LogP contribution in [-0.4, -0.2) is 45.4 Å². The molecule has 0 saturated carbocycles. The molecular formula is C35H45NO3. The van der Waals surface area contributed by atoms with E-state index in [0.717, 1.165) is 56.1 Å². The lowest BCUT2D eigenvalue weighted by Gasteiger charge is -2.29. The van der Waals surface area contributed by atoms with Gasteiger partial charge >= 0.3 is 0 Å². The maximum Gasteiger partial charge on any atom is 0.119 e. The maximum absolute atomic E-state index is 6.09. The molecule has 1 heterocycles. The van der Waals surface area contributed by atoms with Crippen molar-refractivity contribution in [1.82, 2.24) is 4.90 Å². The molecule has 1 saturated heterocycles. The largest absolute Gasteiger partial charge is 0.497 e. The highest BCUT2D eigenvalue weighted by molar-refractivity contribution is 5.45. The number of rotatable bonds is 11. The first kappa shape index (κ1) is 27.6. The van der Waals surface area contributed by atoms with Gasteiger partial charge in [-0.3, -0.25) is 4.90 Å². The molecule has 4 heteroatoms. The predicted molar refractivity (Wildman–Crippen MR) is 160 cm³/mol. The van der Waals surface area contributed by atoms with Crippen molar-refractivity contribution >= 4 is 0 Å². The molecular weight excluding hydrogens is 482 g/mol. The summed E-state index contributed by atoms with van der Waals surface area (Å²) in [6, 6.07) is 22.2. The van der Waals surface area contributed by atoms with Gasteiger partial charge in [0, 0.05) is 6.54 Å². The first-order valence-electron chi connectivity index (χ1n) is 14.9. The van der Waals surface area contributed by atoms with E-state index in [0.29, 0.717) is 11.8 Å². The highest BCUT2D eigenvalue weighted by atomic mass is 16.5. The Kier molecular flexibility index (Phi) is 9.47. The van der Waals surface area contributed by atoms with Gasteiger partial charge < -0.3 is 14.2 Å². The molecule has 0 amide bonds. The van der Waals surface area contributed by atoms with Gasteiger partial charge in [0.2, 0.25) is 0 Å². The van der Waals surface area contributed by atoms with Crippen LogP contribution < -0.4 is 14.2 Å². The third kappa shape index (κ3) is 6.97. The van der Waals surface area contributed by atoms with Gasteiger partial charge in [-0.1, -0.05) is 37.6 Å². The number of hydrogen-bond acceptors (Lipinski definition) is 4. The fourth-order valence-corrected chi connectivity index (χ4v) is 6.49. The number of aryl methyl sites for hydroxylation is 1. The summed E-state index contributed by atoms with van der Waals surface area (Å²) in [6.45, 7) is 6.54. The number of methoxy groups -OCH3 is 2. The van der Waals surface area contributed by atoms with Crippen LogP contribution in [-0.2, 0) is 19.3 Å². The van der Waals surface area contributed by atoms with Gasteiger partial charge in [0.05, 0.1) is 14.2 Å². The molecule has 5 rings (SSSR count). The van der Waals surface area contributed by atoms with E-state index in [4.69, 9.17) is 14.2 Å². The average molecular weight is 528 g/mol. The minimum atomic E-state index is 0.443. The van der Waals surface area contributed by atoms with E-state index < -0.39 is 0 Å². The monoisotopic (exact) mass is 527 g/mol. The zero-order valence-corrected chi connectivity index (χ0v) is 24.1. The number of fused-ring (bicyclic) bond motifs is 1. The Balaban J connectivity index is 1.27. The standard InChI is InChI=1S/C35H45NO3/c1-4-27(22-26-8-13-31(14-9-26)39-21-20-36-18-6-5-7-19-36)35-25-33(38-3)16-17-34(35)30-11-10-29-24-32(37-2)15-12-28(29)23-30/h8-9,12-17,24-25,27,30H,4-7,10-11,18-23H2,1-3H3. The summed E-state index contributed by atoms with van der Waals surface area (Å²) in [7, 11) is 3.52. The second-order valence-corrected chi connectivity index (χ2v) is 11.3. The summed E-state index contributed by atoms with van der Waals surface area (Å²) < 4.78 is 17.2. The Morgan fingerprint density at radius 2 is 1.54 bits per heavy atom. The molecule has 1 fully saturated rings. The van der Waals surface area contributed by atoms with Crippen LogP contribution in [0.1, 0.15) is 78.7 Å². The zero-order valence-electron chi connectivity index (χ0n) is 24.1. The van der Waals surface area contributed by atoms with Crippen molar-refractivity contribution in [1.29, 1.82) is 0 Å². The van der Waals surface area contributed by atoms with Crippen LogP contribution >= 0.6 is 0 Å². The number of likely N-dealkylation sites (tertiary alicyclic amines) is 1. The van der Waals surface area contributed by atoms with Crippen molar-refractivity contribution in [2.24, 2.45) is 0 Å². The first-order valence-corrected chi connectivity index (χ1v) is 14.9. The molecule has 0 N–H and O–H groups in total. The van der Waals surface area contributed by atoms with Crippen LogP contribution in [0.3, 0.4) is 0 Å². The molecule has 0 aromatic heterocycles. The molecule has 2 unspecified atom stereocenters. The van der Waals surface area contributed by atoms with Crippen LogP contribution in [0.5, 0.6) is 17.2 Å². The van der Waals surface area contributed by atoms with E-state index in [1.54, 1.807) is 14.2 Å². The SMILES string of the molecule is CCC(Cc1ccc(OCCN2CCCCC2)cc1)c1cc(OC)ccc1C1CCc2cc(OC)ccc2C1. The van der Waals surface area contributed by atoms with E-state index in [1.807, 2.05) is 0 Å². The minimum absolute atomic E-state index is 0.443. The number of benzene rings is 3. The zero-order chi connectivity index (χ0) is 27.0. The summed E-state index contributed by atoms with van der Waals surface area (Å²) in [5, 5.41) is 0. The smallest absolute Gasteiger partial charge is 0.119 e. The molecule has 4 nitrogen and oxygen atoms in total. The summed E-state index contributed by atoms with van der Waals surface area (Å²) in [4.78, 5) is 2.52. The lowest BCUT2D eigenvalue weighted by atomic mass is 9.75. The van der Waals surface area contributed by atoms with E-state index in [2.05, 4.69) is 72.5 Å². The quantitative estimate of drug-likeness (QED) is 0.257. The molecule has 1 aliphatic heterocycles. The summed E-state index contributed by atoms with van der Waals surface area (Å²) >= 11 is 0. The molecule has 0 radical (unpaired) electrons. The highest BCUT2D eigenvalue weighted by Crippen LogP contribution is 2.40. The van der Waals surface area contributed by atoms with Gasteiger partial charge in [-0.25, -0.2) is 0 Å². The van der Waals surface area contributed by atoms with Crippen molar-refractivity contribution in [3.63, 3.8) is 0 Å². The lowest BCUT2D eigenvalue weighted by Crippen LogP contribution is -2.33. The molecule has 3 aromatic rings. The van der Waals surface area contributed by atoms with E-state index in [1.165, 1.54) is 66.6 Å². The van der Waals surface area contributed by atoms with Gasteiger partial charge in [0.1, 0.15) is 23.9 Å². The van der Waals surface area contributed by atoms with Crippen LogP contribution in [0.15, 0.2) is 60.7 Å². The van der Waals surface area contributed by atoms with Crippen molar-refractivity contribution in [3.05, 3.63) is 88.5 Å². The lowest BCUT2D eigenvalue weighted by molar-refractivity contribution is 0.183. The number of hydrogen-bond donors (Lipinski definition) is 0. The molecule has 2 atom stereocenters. The number of nitrogens with zero attached hydrogens (tertiary/aromatic N) is 1. The third-order valence-corrected chi connectivity index (χ3v) is 8.84. The fraction of sp³-hybridized carbons (Fsp3) is 0.486. The Morgan fingerprint density at radius 1 is 0.821 bits per heavy atom. The molecule has 2 aliphatic rings. The molecule has 3 aromatic carbocycles. The van der Waals surface area contributed by atoms with Gasteiger partial charge in [-0.15, -0.1) is 0 Å². The van der Waals surface area contributed by atoms with Crippen molar-refractivity contribution in [2.75, 3.05) is 40.5 Å². The summed E-state index contributed by atoms with van der Waals surface area (Å²) in [6.07, 6.45) is 9.48. The number of piperidine rings is 1. The van der Waals surface area contributed by atoms with Gasteiger partial charge in [0.25, 0.3) is 0 Å². The van der Waals surface area contributed by atoms with E-state index >= 15 is 0 Å². The van der Waals surface area contributed by atoms with E-state index in [9.17, 15) is 0 Å². The Bertz CT molecular complexity index is 1200. The van der Waals surface area contributed by atoms with Gasteiger partial charge in [-0.2, -0.15) is 0 Å².